The molecule has 0 saturated heterocycles. The molecule has 0 amide bonds. The lowest BCUT2D eigenvalue weighted by molar-refractivity contribution is 0.309. The van der Waals surface area contributed by atoms with E-state index < -0.39 is 11.3 Å². The molecule has 2 N–H and O–H groups in total. The number of benzene rings is 1. The number of rotatable bonds is 5. The van der Waals surface area contributed by atoms with E-state index in [1.54, 1.807) is 18.2 Å². The Hall–Kier alpha value is -2.17. The quantitative estimate of drug-likeness (QED) is 0.813. The molecular formula is C14H17NO4. The van der Waals surface area contributed by atoms with E-state index in [0.29, 0.717) is 23.3 Å². The highest BCUT2D eigenvalue weighted by Gasteiger charge is 2.12. The maximum atomic E-state index is 11.6. The Balaban J connectivity index is 2.43. The fourth-order valence-corrected chi connectivity index (χ4v) is 1.87. The molecule has 5 heteroatoms. The van der Waals surface area contributed by atoms with Gasteiger partial charge in [-0.25, -0.2) is 0 Å². The van der Waals surface area contributed by atoms with Gasteiger partial charge in [0.2, 0.25) is 5.75 Å². The summed E-state index contributed by atoms with van der Waals surface area (Å²) >= 11 is 0. The van der Waals surface area contributed by atoms with Crippen molar-refractivity contribution < 1.29 is 14.6 Å². The third-order valence-corrected chi connectivity index (χ3v) is 2.88. The predicted octanol–water partition coefficient (Wildman–Crippen LogP) is 2.42. The molecule has 0 fully saturated rings. The highest BCUT2D eigenvalue weighted by molar-refractivity contribution is 5.88. The van der Waals surface area contributed by atoms with Crippen molar-refractivity contribution in [1.82, 2.24) is 4.98 Å². The number of fused-ring (bicyclic) bond motifs is 1. The zero-order valence-electron chi connectivity index (χ0n) is 11.0. The van der Waals surface area contributed by atoms with Crippen LogP contribution in [-0.2, 0) is 0 Å². The molecule has 0 aliphatic rings. The van der Waals surface area contributed by atoms with Gasteiger partial charge in [-0.05, 0) is 18.6 Å². The Bertz CT molecular complexity index is 633. The molecular weight excluding hydrogens is 246 g/mol. The van der Waals surface area contributed by atoms with Crippen LogP contribution in [0.5, 0.6) is 17.2 Å². The van der Waals surface area contributed by atoms with Crippen molar-refractivity contribution in [2.45, 2.75) is 19.8 Å². The largest absolute Gasteiger partial charge is 0.500 e. The van der Waals surface area contributed by atoms with E-state index >= 15 is 0 Å². The van der Waals surface area contributed by atoms with Gasteiger partial charge in [-0.1, -0.05) is 13.3 Å². The molecule has 0 saturated carbocycles. The molecule has 0 unspecified atom stereocenters. The Morgan fingerprint density at radius 1 is 1.37 bits per heavy atom. The Labute approximate surface area is 110 Å². The van der Waals surface area contributed by atoms with E-state index in [-0.39, 0.29) is 5.75 Å². The van der Waals surface area contributed by atoms with E-state index in [0.717, 1.165) is 12.8 Å². The van der Waals surface area contributed by atoms with Crippen LogP contribution < -0.4 is 15.0 Å². The predicted molar refractivity (Wildman–Crippen MR) is 73.2 cm³/mol. The van der Waals surface area contributed by atoms with E-state index in [4.69, 9.17) is 9.47 Å². The molecule has 0 spiro atoms. The molecule has 5 nitrogen and oxygen atoms in total. The average Bonchev–Trinajstić information content (AvgIpc) is 2.41. The highest BCUT2D eigenvalue weighted by Crippen LogP contribution is 2.31. The highest BCUT2D eigenvalue weighted by atomic mass is 16.5. The number of unbranched alkanes of at least 4 members (excludes halogenated alkanes) is 1. The Morgan fingerprint density at radius 3 is 2.84 bits per heavy atom. The van der Waals surface area contributed by atoms with Gasteiger partial charge in [0.25, 0.3) is 5.56 Å². The number of aromatic nitrogens is 1. The lowest BCUT2D eigenvalue weighted by Gasteiger charge is -2.09. The number of hydrogen-bond acceptors (Lipinski definition) is 4. The minimum atomic E-state index is -0.574. The van der Waals surface area contributed by atoms with Gasteiger partial charge in [0, 0.05) is 11.5 Å². The van der Waals surface area contributed by atoms with Gasteiger partial charge in [0.15, 0.2) is 5.75 Å². The first-order valence-electron chi connectivity index (χ1n) is 6.23. The number of nitrogens with one attached hydrogen (secondary N) is 1. The van der Waals surface area contributed by atoms with E-state index in [1.165, 1.54) is 7.11 Å². The molecule has 2 rings (SSSR count). The van der Waals surface area contributed by atoms with Gasteiger partial charge < -0.3 is 19.6 Å². The van der Waals surface area contributed by atoms with Gasteiger partial charge in [-0.15, -0.1) is 0 Å². The van der Waals surface area contributed by atoms with Crippen LogP contribution >= 0.6 is 0 Å². The lowest BCUT2D eigenvalue weighted by Crippen LogP contribution is -2.07. The molecule has 2 aromatic rings. The third kappa shape index (κ3) is 2.65. The zero-order chi connectivity index (χ0) is 13.8. The van der Waals surface area contributed by atoms with Crippen LogP contribution in [0, 0.1) is 0 Å². The SMILES string of the molecule is CCCCOc1ccc2c(OC)c(O)c(=O)[nH]c2c1. The lowest BCUT2D eigenvalue weighted by atomic mass is 10.2. The number of hydrogen-bond donors (Lipinski definition) is 2. The maximum Gasteiger partial charge on any atom is 0.294 e. The summed E-state index contributed by atoms with van der Waals surface area (Å²) < 4.78 is 10.6. The maximum absolute atomic E-state index is 11.6. The van der Waals surface area contributed by atoms with E-state index in [9.17, 15) is 9.90 Å². The normalized spacial score (nSPS) is 10.6. The standard InChI is InChI=1S/C14H17NO4/c1-3-4-7-19-9-5-6-10-11(8-9)15-14(17)12(16)13(10)18-2/h5-6,8,16H,3-4,7H2,1-2H3,(H,15,17). The molecule has 102 valence electrons. The van der Waals surface area contributed by atoms with Gasteiger partial charge >= 0.3 is 0 Å². The van der Waals surface area contributed by atoms with Crippen LogP contribution in [-0.4, -0.2) is 23.8 Å². The zero-order valence-corrected chi connectivity index (χ0v) is 11.0. The van der Waals surface area contributed by atoms with Gasteiger partial charge in [0.1, 0.15) is 5.75 Å². The number of methoxy groups -OCH3 is 1. The first kappa shape index (κ1) is 13.3. The summed E-state index contributed by atoms with van der Waals surface area (Å²) in [5.74, 6) is 0.456. The van der Waals surface area contributed by atoms with Crippen LogP contribution in [0.3, 0.4) is 0 Å². The topological polar surface area (TPSA) is 71.5 Å². The van der Waals surface area contributed by atoms with Crippen LogP contribution in [0.25, 0.3) is 10.9 Å². The molecule has 0 bridgehead atoms. The van der Waals surface area contributed by atoms with Crippen molar-refractivity contribution in [1.29, 1.82) is 0 Å². The van der Waals surface area contributed by atoms with Crippen molar-refractivity contribution >= 4 is 10.9 Å². The number of H-pyrrole nitrogens is 1. The van der Waals surface area contributed by atoms with Crippen LogP contribution in [0.4, 0.5) is 0 Å². The molecule has 0 atom stereocenters. The van der Waals surface area contributed by atoms with Gasteiger partial charge in [-0.2, -0.15) is 0 Å². The summed E-state index contributed by atoms with van der Waals surface area (Å²) in [5, 5.41) is 10.3. The van der Waals surface area contributed by atoms with Crippen molar-refractivity contribution in [3.8, 4) is 17.2 Å². The molecule has 0 aliphatic heterocycles. The summed E-state index contributed by atoms with van der Waals surface area (Å²) in [6.07, 6.45) is 2.04. The second-order valence-electron chi connectivity index (χ2n) is 4.25. The van der Waals surface area contributed by atoms with Crippen molar-refractivity contribution in [3.05, 3.63) is 28.6 Å². The second kappa shape index (κ2) is 5.65. The first-order chi connectivity index (χ1) is 9.17. The Kier molecular flexibility index (Phi) is 3.94. The van der Waals surface area contributed by atoms with Crippen LogP contribution in [0.15, 0.2) is 23.0 Å². The molecule has 0 radical (unpaired) electrons. The van der Waals surface area contributed by atoms with Crippen molar-refractivity contribution in [3.63, 3.8) is 0 Å². The summed E-state index contributed by atoms with van der Waals surface area (Å²) in [6.45, 7) is 2.73. The van der Waals surface area contributed by atoms with E-state index in [1.807, 2.05) is 0 Å². The molecule has 1 aromatic carbocycles. The van der Waals surface area contributed by atoms with Crippen molar-refractivity contribution in [2.75, 3.05) is 13.7 Å². The third-order valence-electron chi connectivity index (χ3n) is 2.88. The van der Waals surface area contributed by atoms with Gasteiger partial charge in [-0.3, -0.25) is 4.79 Å². The molecule has 1 heterocycles. The molecule has 19 heavy (non-hydrogen) atoms. The monoisotopic (exact) mass is 263 g/mol. The second-order valence-corrected chi connectivity index (χ2v) is 4.25. The number of ether oxygens (including phenoxy) is 2. The number of aromatic amines is 1. The Morgan fingerprint density at radius 2 is 2.16 bits per heavy atom. The smallest absolute Gasteiger partial charge is 0.294 e. The summed E-state index contributed by atoms with van der Waals surface area (Å²) in [6, 6.07) is 5.28. The molecule has 0 aliphatic carbocycles. The average molecular weight is 263 g/mol. The van der Waals surface area contributed by atoms with E-state index in [2.05, 4.69) is 11.9 Å². The number of pyridine rings is 1. The minimum absolute atomic E-state index is 0.179. The minimum Gasteiger partial charge on any atom is -0.500 e. The molecule has 1 aromatic heterocycles. The van der Waals surface area contributed by atoms with Crippen LogP contribution in [0.2, 0.25) is 0 Å². The fraction of sp³-hybridized carbons (Fsp3) is 0.357. The summed E-state index contributed by atoms with van der Waals surface area (Å²) in [4.78, 5) is 14.2. The summed E-state index contributed by atoms with van der Waals surface area (Å²) in [5.41, 5.74) is 0.00343. The first-order valence-corrected chi connectivity index (χ1v) is 6.23. The van der Waals surface area contributed by atoms with Crippen molar-refractivity contribution in [2.24, 2.45) is 0 Å². The summed E-state index contributed by atoms with van der Waals surface area (Å²) in [7, 11) is 1.42. The van der Waals surface area contributed by atoms with Gasteiger partial charge in [0.05, 0.1) is 19.2 Å². The fourth-order valence-electron chi connectivity index (χ4n) is 1.87. The number of aromatic hydroxyl groups is 1. The van der Waals surface area contributed by atoms with Crippen LogP contribution in [0.1, 0.15) is 19.8 Å².